The summed E-state index contributed by atoms with van der Waals surface area (Å²) in [6.07, 6.45) is 1.15. The predicted octanol–water partition coefficient (Wildman–Crippen LogP) is 4.84. The molecule has 28 heavy (non-hydrogen) atoms. The smallest absolute Gasteiger partial charge is 0.255 e. The van der Waals surface area contributed by atoms with Crippen LogP contribution >= 0.6 is 11.8 Å². The molecule has 2 atom stereocenters. The number of hydrogen-bond donors (Lipinski definition) is 1. The van der Waals surface area contributed by atoms with E-state index in [1.54, 1.807) is 12.1 Å². The zero-order chi connectivity index (χ0) is 20.1. The topological polar surface area (TPSA) is 49.4 Å². The highest BCUT2D eigenvalue weighted by Crippen LogP contribution is 2.25. The summed E-state index contributed by atoms with van der Waals surface area (Å²) in [5.41, 5.74) is 2.35. The van der Waals surface area contributed by atoms with Gasteiger partial charge in [-0.1, -0.05) is 43.7 Å². The molecule has 0 aromatic heterocycles. The number of likely N-dealkylation sites (tertiary alicyclic amines) is 1. The molecule has 0 spiro atoms. The summed E-state index contributed by atoms with van der Waals surface area (Å²) in [6, 6.07) is 15.4. The Kier molecular flexibility index (Phi) is 6.79. The molecule has 0 aliphatic carbocycles. The van der Waals surface area contributed by atoms with Gasteiger partial charge in [-0.25, -0.2) is 0 Å². The molecule has 148 valence electrons. The van der Waals surface area contributed by atoms with E-state index in [9.17, 15) is 9.59 Å². The molecule has 2 amide bonds. The van der Waals surface area contributed by atoms with Crippen molar-refractivity contribution in [2.24, 2.45) is 11.8 Å². The van der Waals surface area contributed by atoms with E-state index in [4.69, 9.17) is 0 Å². The molecule has 2 aromatic rings. The number of rotatable bonds is 5. The number of amides is 2. The third-order valence-corrected chi connectivity index (χ3v) is 5.99. The second-order valence-electron chi connectivity index (χ2n) is 7.85. The third kappa shape index (κ3) is 5.38. The van der Waals surface area contributed by atoms with Crippen LogP contribution in [0.5, 0.6) is 0 Å². The Morgan fingerprint density at radius 2 is 1.68 bits per heavy atom. The van der Waals surface area contributed by atoms with Crippen LogP contribution in [0.4, 0.5) is 5.69 Å². The number of piperidine rings is 1. The molecule has 1 aliphatic heterocycles. The number of aryl methyl sites for hydroxylation is 1. The van der Waals surface area contributed by atoms with Crippen molar-refractivity contribution in [1.29, 1.82) is 0 Å². The molecule has 1 N–H and O–H groups in total. The maximum Gasteiger partial charge on any atom is 0.255 e. The molecule has 1 aliphatic rings. The van der Waals surface area contributed by atoms with Crippen molar-refractivity contribution in [2.75, 3.05) is 24.2 Å². The van der Waals surface area contributed by atoms with E-state index in [2.05, 4.69) is 19.2 Å². The summed E-state index contributed by atoms with van der Waals surface area (Å²) in [6.45, 7) is 7.96. The maximum atomic E-state index is 13.1. The van der Waals surface area contributed by atoms with Gasteiger partial charge in [0.15, 0.2) is 0 Å². The van der Waals surface area contributed by atoms with Crippen LogP contribution in [0.1, 0.15) is 36.2 Å². The van der Waals surface area contributed by atoms with Crippen molar-refractivity contribution in [3.8, 4) is 0 Å². The van der Waals surface area contributed by atoms with Crippen LogP contribution in [0.3, 0.4) is 0 Å². The van der Waals surface area contributed by atoms with Crippen molar-refractivity contribution < 1.29 is 9.59 Å². The quantitative estimate of drug-likeness (QED) is 0.736. The lowest BCUT2D eigenvalue weighted by Gasteiger charge is -2.35. The summed E-state index contributed by atoms with van der Waals surface area (Å²) >= 11 is 1.49. The number of thioether (sulfide) groups is 1. The van der Waals surface area contributed by atoms with Crippen LogP contribution in [-0.4, -0.2) is 35.6 Å². The van der Waals surface area contributed by atoms with Crippen LogP contribution in [0.25, 0.3) is 0 Å². The Balaban J connectivity index is 1.65. The lowest BCUT2D eigenvalue weighted by molar-refractivity contribution is -0.113. The lowest BCUT2D eigenvalue weighted by Crippen LogP contribution is -2.42. The third-order valence-electron chi connectivity index (χ3n) is 4.98. The van der Waals surface area contributed by atoms with E-state index < -0.39 is 0 Å². The van der Waals surface area contributed by atoms with E-state index in [0.29, 0.717) is 28.8 Å². The summed E-state index contributed by atoms with van der Waals surface area (Å²) in [5, 5.41) is 2.93. The Hall–Kier alpha value is -2.27. The van der Waals surface area contributed by atoms with E-state index in [1.807, 2.05) is 48.2 Å². The molecule has 2 unspecified atom stereocenters. The van der Waals surface area contributed by atoms with Crippen molar-refractivity contribution in [2.45, 2.75) is 32.1 Å². The Morgan fingerprint density at radius 3 is 2.36 bits per heavy atom. The first-order valence-electron chi connectivity index (χ1n) is 9.80. The number of carbonyl (C=O) groups excluding carboxylic acids is 2. The Bertz CT molecular complexity index is 825. The van der Waals surface area contributed by atoms with E-state index in [1.165, 1.54) is 17.3 Å². The van der Waals surface area contributed by atoms with Crippen LogP contribution in [0, 0.1) is 18.8 Å². The second-order valence-corrected chi connectivity index (χ2v) is 8.90. The molecule has 5 heteroatoms. The fourth-order valence-corrected chi connectivity index (χ4v) is 4.45. The molecular weight excluding hydrogens is 368 g/mol. The fourth-order valence-electron chi connectivity index (χ4n) is 3.75. The van der Waals surface area contributed by atoms with Gasteiger partial charge in [0.1, 0.15) is 0 Å². The minimum absolute atomic E-state index is 0.000452. The standard InChI is InChI=1S/C23H28N2O2S/c1-16-8-10-19(11-9-16)28-15-22(26)24-21-7-5-4-6-20(21)23(27)25-13-17(2)12-18(3)14-25/h4-11,17-18H,12-15H2,1-3H3,(H,24,26). The first-order valence-corrected chi connectivity index (χ1v) is 10.8. The molecule has 2 aromatic carbocycles. The SMILES string of the molecule is Cc1ccc(SCC(=O)Nc2ccccc2C(=O)N2CC(C)CC(C)C2)cc1. The summed E-state index contributed by atoms with van der Waals surface area (Å²) in [4.78, 5) is 28.5. The molecule has 1 heterocycles. The number of anilines is 1. The average Bonchev–Trinajstić information content (AvgIpc) is 2.67. The van der Waals surface area contributed by atoms with Crippen LogP contribution in [-0.2, 0) is 4.79 Å². The molecule has 0 radical (unpaired) electrons. The highest BCUT2D eigenvalue weighted by molar-refractivity contribution is 8.00. The van der Waals surface area contributed by atoms with Crippen LogP contribution < -0.4 is 5.32 Å². The number of benzene rings is 2. The number of nitrogens with zero attached hydrogens (tertiary/aromatic N) is 1. The Morgan fingerprint density at radius 1 is 1.04 bits per heavy atom. The fraction of sp³-hybridized carbons (Fsp3) is 0.391. The van der Waals surface area contributed by atoms with Gasteiger partial charge in [0.25, 0.3) is 5.91 Å². The van der Waals surface area contributed by atoms with Gasteiger partial charge in [0, 0.05) is 18.0 Å². The highest BCUT2D eigenvalue weighted by atomic mass is 32.2. The monoisotopic (exact) mass is 396 g/mol. The van der Waals surface area contributed by atoms with E-state index in [0.717, 1.165) is 24.4 Å². The first-order chi connectivity index (χ1) is 13.4. The zero-order valence-corrected chi connectivity index (χ0v) is 17.6. The minimum atomic E-state index is -0.105. The molecule has 1 fully saturated rings. The molecular formula is C23H28N2O2S. The van der Waals surface area contributed by atoms with E-state index >= 15 is 0 Å². The van der Waals surface area contributed by atoms with Crippen molar-refractivity contribution >= 4 is 29.3 Å². The van der Waals surface area contributed by atoms with Crippen molar-refractivity contribution in [3.05, 3.63) is 59.7 Å². The van der Waals surface area contributed by atoms with E-state index in [-0.39, 0.29) is 11.8 Å². The molecule has 3 rings (SSSR count). The number of carbonyl (C=O) groups is 2. The minimum Gasteiger partial charge on any atom is -0.338 e. The van der Waals surface area contributed by atoms with Gasteiger partial charge in [-0.2, -0.15) is 0 Å². The zero-order valence-electron chi connectivity index (χ0n) is 16.8. The molecule has 0 bridgehead atoms. The normalized spacial score (nSPS) is 19.3. The largest absolute Gasteiger partial charge is 0.338 e. The molecule has 1 saturated heterocycles. The second kappa shape index (κ2) is 9.28. The number of para-hydroxylation sites is 1. The number of nitrogens with one attached hydrogen (secondary N) is 1. The first kappa shape index (κ1) is 20.5. The highest BCUT2D eigenvalue weighted by Gasteiger charge is 2.27. The lowest BCUT2D eigenvalue weighted by atomic mass is 9.91. The molecule has 4 nitrogen and oxygen atoms in total. The van der Waals surface area contributed by atoms with Gasteiger partial charge in [0.05, 0.1) is 17.0 Å². The summed E-state index contributed by atoms with van der Waals surface area (Å²) < 4.78 is 0. The van der Waals surface area contributed by atoms with Crippen molar-refractivity contribution in [3.63, 3.8) is 0 Å². The summed E-state index contributed by atoms with van der Waals surface area (Å²) in [7, 11) is 0. The average molecular weight is 397 g/mol. The van der Waals surface area contributed by atoms with Gasteiger partial charge >= 0.3 is 0 Å². The van der Waals surface area contributed by atoms with Crippen molar-refractivity contribution in [1.82, 2.24) is 4.90 Å². The van der Waals surface area contributed by atoms with Gasteiger partial charge in [-0.15, -0.1) is 11.8 Å². The van der Waals surface area contributed by atoms with Gasteiger partial charge in [-0.3, -0.25) is 9.59 Å². The van der Waals surface area contributed by atoms with Gasteiger partial charge in [-0.05, 0) is 49.4 Å². The number of hydrogen-bond acceptors (Lipinski definition) is 3. The van der Waals surface area contributed by atoms with Gasteiger partial charge in [0.2, 0.25) is 5.91 Å². The van der Waals surface area contributed by atoms with Crippen LogP contribution in [0.2, 0.25) is 0 Å². The summed E-state index contributed by atoms with van der Waals surface area (Å²) in [5.74, 6) is 1.20. The Labute approximate surface area is 171 Å². The van der Waals surface area contributed by atoms with Gasteiger partial charge < -0.3 is 10.2 Å². The predicted molar refractivity (Wildman–Crippen MR) is 116 cm³/mol. The maximum absolute atomic E-state index is 13.1. The molecule has 0 saturated carbocycles. The van der Waals surface area contributed by atoms with Crippen LogP contribution in [0.15, 0.2) is 53.4 Å².